The van der Waals surface area contributed by atoms with Gasteiger partial charge in [-0.05, 0) is 46.0 Å². The van der Waals surface area contributed by atoms with Gasteiger partial charge in [0.15, 0.2) is 0 Å². The molecule has 0 heterocycles. The number of nitrogens with two attached hydrogens (primary N) is 1. The van der Waals surface area contributed by atoms with Gasteiger partial charge in [0.25, 0.3) is 0 Å². The fraction of sp³-hybridized carbons (Fsp3) is 0.121. The van der Waals surface area contributed by atoms with Crippen LogP contribution in [0.15, 0.2) is 115 Å². The lowest BCUT2D eigenvalue weighted by Crippen LogP contribution is -2.46. The molecule has 1 aliphatic rings. The zero-order valence-corrected chi connectivity index (χ0v) is 20.5. The van der Waals surface area contributed by atoms with Crippen LogP contribution in [0.3, 0.4) is 0 Å². The molecule has 4 nitrogen and oxygen atoms in total. The van der Waals surface area contributed by atoms with Crippen LogP contribution in [-0.4, -0.2) is 23.2 Å². The first kappa shape index (κ1) is 23.2. The Hall–Kier alpha value is -4.25. The van der Waals surface area contributed by atoms with Crippen molar-refractivity contribution in [2.24, 2.45) is 5.73 Å². The van der Waals surface area contributed by atoms with Gasteiger partial charge in [0.05, 0.1) is 6.10 Å². The first-order chi connectivity index (χ1) is 18.0. The number of hydrogen-bond donors (Lipinski definition) is 2. The minimum absolute atomic E-state index is 0.768. The number of fused-ring (bicyclic) bond motifs is 4. The Morgan fingerprint density at radius 3 is 2.19 bits per heavy atom. The summed E-state index contributed by atoms with van der Waals surface area (Å²) in [7, 11) is 0. The van der Waals surface area contributed by atoms with E-state index < -0.39 is 23.7 Å². The van der Waals surface area contributed by atoms with Crippen molar-refractivity contribution in [3.8, 4) is 22.3 Å². The second kappa shape index (κ2) is 9.00. The summed E-state index contributed by atoms with van der Waals surface area (Å²) in [5.41, 5.74) is 12.3. The van der Waals surface area contributed by atoms with Crippen LogP contribution in [0.25, 0.3) is 33.0 Å². The van der Waals surface area contributed by atoms with Gasteiger partial charge in [-0.1, -0.05) is 109 Å². The van der Waals surface area contributed by atoms with E-state index in [1.807, 2.05) is 48.5 Å². The van der Waals surface area contributed by atoms with E-state index in [1.165, 1.54) is 0 Å². The first-order valence-corrected chi connectivity index (χ1v) is 12.4. The van der Waals surface area contributed by atoms with Crippen LogP contribution in [0, 0.1) is 0 Å². The van der Waals surface area contributed by atoms with Crippen molar-refractivity contribution >= 4 is 16.7 Å². The van der Waals surface area contributed by atoms with Gasteiger partial charge in [0, 0.05) is 16.7 Å². The molecule has 0 amide bonds. The van der Waals surface area contributed by atoms with E-state index in [1.54, 1.807) is 6.92 Å². The molecule has 0 spiro atoms. The topological polar surface area (TPSA) is 72.5 Å². The molecule has 0 aliphatic heterocycles. The van der Waals surface area contributed by atoms with Crippen molar-refractivity contribution in [2.75, 3.05) is 0 Å². The third-order valence-electron chi connectivity index (χ3n) is 7.42. The Bertz CT molecular complexity index is 1620. The summed E-state index contributed by atoms with van der Waals surface area (Å²) in [4.78, 5) is 11.9. The molecule has 5 aromatic rings. The third kappa shape index (κ3) is 3.65. The second-order valence-corrected chi connectivity index (χ2v) is 9.57. The highest BCUT2D eigenvalue weighted by Crippen LogP contribution is 2.55. The number of hydrogen-bond acceptors (Lipinski definition) is 3. The van der Waals surface area contributed by atoms with E-state index in [0.717, 1.165) is 49.7 Å². The van der Waals surface area contributed by atoms with Crippen molar-refractivity contribution in [3.63, 3.8) is 0 Å². The molecule has 182 valence electrons. The summed E-state index contributed by atoms with van der Waals surface area (Å²) < 4.78 is 6.95. The van der Waals surface area contributed by atoms with Crippen molar-refractivity contribution in [1.82, 2.24) is 0 Å². The van der Waals surface area contributed by atoms with Crippen molar-refractivity contribution in [3.05, 3.63) is 132 Å². The number of aliphatic carboxylic acids is 1. The van der Waals surface area contributed by atoms with Crippen LogP contribution in [-0.2, 0) is 15.1 Å². The summed E-state index contributed by atoms with van der Waals surface area (Å²) in [6.45, 7) is 1.74. The van der Waals surface area contributed by atoms with Gasteiger partial charge in [-0.2, -0.15) is 0 Å². The summed E-state index contributed by atoms with van der Waals surface area (Å²) >= 11 is 0. The molecule has 0 bridgehead atoms. The highest BCUT2D eigenvalue weighted by molar-refractivity contribution is 5.92. The molecule has 0 saturated heterocycles. The van der Waals surface area contributed by atoms with E-state index >= 15 is 0 Å². The van der Waals surface area contributed by atoms with Crippen LogP contribution >= 0.6 is 0 Å². The van der Waals surface area contributed by atoms with E-state index in [4.69, 9.17) is 10.5 Å². The fourth-order valence-corrected chi connectivity index (χ4v) is 5.62. The molecule has 0 saturated carbocycles. The predicted octanol–water partition coefficient (Wildman–Crippen LogP) is 6.60. The normalized spacial score (nSPS) is 17.7. The lowest BCUT2D eigenvalue weighted by atomic mass is 9.80. The zero-order chi connectivity index (χ0) is 25.6. The Balaban J connectivity index is 1.70. The highest BCUT2D eigenvalue weighted by Gasteiger charge is 2.48. The molecular formula is C33H27NO3. The van der Waals surface area contributed by atoms with Crippen molar-refractivity contribution < 1.29 is 14.6 Å². The fourth-order valence-electron chi connectivity index (χ4n) is 5.62. The van der Waals surface area contributed by atoms with Gasteiger partial charge in [-0.3, -0.25) is 4.79 Å². The molecule has 4 heteroatoms. The van der Waals surface area contributed by atoms with Gasteiger partial charge in [-0.15, -0.1) is 0 Å². The quantitative estimate of drug-likeness (QED) is 0.284. The Kier molecular flexibility index (Phi) is 5.64. The molecule has 1 unspecified atom stereocenters. The zero-order valence-electron chi connectivity index (χ0n) is 20.5. The first-order valence-electron chi connectivity index (χ1n) is 12.4. The summed E-state index contributed by atoms with van der Waals surface area (Å²) in [5.74, 6) is -1.09. The van der Waals surface area contributed by atoms with E-state index in [9.17, 15) is 9.90 Å². The van der Waals surface area contributed by atoms with Crippen LogP contribution in [0.1, 0.15) is 23.6 Å². The Labute approximate surface area is 216 Å². The SMILES string of the molecule is C[C@@H](OC1(c2cccc3ccccc23)c2ccccc2-c2ccc(-c3ccccc3)cc21)[C@H](N)C(=O)O. The molecule has 5 aromatic carbocycles. The van der Waals surface area contributed by atoms with Gasteiger partial charge in [0.2, 0.25) is 0 Å². The maximum atomic E-state index is 11.9. The van der Waals surface area contributed by atoms with Gasteiger partial charge < -0.3 is 15.6 Å². The van der Waals surface area contributed by atoms with Gasteiger partial charge in [0.1, 0.15) is 11.6 Å². The average molecular weight is 486 g/mol. The van der Waals surface area contributed by atoms with Crippen LogP contribution in [0.2, 0.25) is 0 Å². The minimum Gasteiger partial charge on any atom is -0.480 e. The summed E-state index contributed by atoms with van der Waals surface area (Å²) in [6.07, 6.45) is -0.768. The van der Waals surface area contributed by atoms with Crippen molar-refractivity contribution in [1.29, 1.82) is 0 Å². The monoisotopic (exact) mass is 485 g/mol. The molecule has 0 fully saturated rings. The Morgan fingerprint density at radius 2 is 1.38 bits per heavy atom. The number of carboxylic acid groups (broad SMARTS) is 1. The lowest BCUT2D eigenvalue weighted by Gasteiger charge is -2.37. The number of ether oxygens (including phenoxy) is 1. The number of carboxylic acids is 1. The predicted molar refractivity (Wildman–Crippen MR) is 147 cm³/mol. The molecule has 1 aliphatic carbocycles. The number of rotatable bonds is 6. The third-order valence-corrected chi connectivity index (χ3v) is 7.42. The molecule has 3 atom stereocenters. The minimum atomic E-state index is -1.18. The molecule has 3 N–H and O–H groups in total. The van der Waals surface area contributed by atoms with E-state index in [0.29, 0.717) is 0 Å². The van der Waals surface area contributed by atoms with Crippen LogP contribution in [0.4, 0.5) is 0 Å². The average Bonchev–Trinajstić information content (AvgIpc) is 3.22. The Morgan fingerprint density at radius 1 is 0.730 bits per heavy atom. The van der Waals surface area contributed by atoms with E-state index in [-0.39, 0.29) is 0 Å². The van der Waals surface area contributed by atoms with Gasteiger partial charge >= 0.3 is 5.97 Å². The highest BCUT2D eigenvalue weighted by atomic mass is 16.5. The summed E-state index contributed by atoms with van der Waals surface area (Å²) in [6, 6.07) is 38.2. The van der Waals surface area contributed by atoms with Gasteiger partial charge in [-0.25, -0.2) is 0 Å². The lowest BCUT2D eigenvalue weighted by molar-refractivity contribution is -0.144. The second-order valence-electron chi connectivity index (χ2n) is 9.57. The molecule has 0 radical (unpaired) electrons. The number of benzene rings is 5. The maximum absolute atomic E-state index is 11.9. The standard InChI is InChI=1S/C33H27NO3/c1-21(31(34)32(35)36)37-33(28-17-9-13-23-12-5-6-14-25(23)28)29-16-8-7-15-26(29)27-19-18-24(20-30(27)33)22-10-3-2-4-11-22/h2-21,31H,34H2,1H3,(H,35,36)/t21-,31+,33?/m1/s1. The van der Waals surface area contributed by atoms with Crippen LogP contribution in [0.5, 0.6) is 0 Å². The van der Waals surface area contributed by atoms with Crippen molar-refractivity contribution in [2.45, 2.75) is 24.7 Å². The largest absolute Gasteiger partial charge is 0.480 e. The summed E-state index contributed by atoms with van der Waals surface area (Å²) in [5, 5.41) is 11.9. The molecule has 0 aromatic heterocycles. The smallest absolute Gasteiger partial charge is 0.323 e. The molecule has 6 rings (SSSR count). The van der Waals surface area contributed by atoms with E-state index in [2.05, 4.69) is 66.7 Å². The molecule has 37 heavy (non-hydrogen) atoms. The maximum Gasteiger partial charge on any atom is 0.323 e. The van der Waals surface area contributed by atoms with Crippen LogP contribution < -0.4 is 5.73 Å². The number of carbonyl (C=O) groups is 1. The molecular weight excluding hydrogens is 458 g/mol.